The Morgan fingerprint density at radius 3 is 2.81 bits per heavy atom. The third-order valence-corrected chi connectivity index (χ3v) is 2.83. The van der Waals surface area contributed by atoms with Gasteiger partial charge in [0.25, 0.3) is 5.91 Å². The maximum Gasteiger partial charge on any atom is 0.271 e. The second-order valence-electron chi connectivity index (χ2n) is 4.50. The number of carbonyl (C=O) groups excluding carboxylic acids is 1. The molecule has 5 nitrogen and oxygen atoms in total. The standard InChI is InChI=1S/C16H18N4O/c1-12(19-11-17-2)8-14-10-18-15(16(21)20-14)9-13-6-4-3-5-7-13/h3-9,11,18H,1,10H2,2H3,(H,17,19)(H,20,21)/b14-8-,15-9+. The molecule has 2 rings (SSSR count). The average Bonchev–Trinajstić information content (AvgIpc) is 2.49. The Morgan fingerprint density at radius 2 is 2.14 bits per heavy atom. The number of nitrogens with one attached hydrogen (secondary N) is 3. The zero-order valence-electron chi connectivity index (χ0n) is 11.9. The van der Waals surface area contributed by atoms with Crippen molar-refractivity contribution >= 4 is 18.3 Å². The zero-order chi connectivity index (χ0) is 15.1. The summed E-state index contributed by atoms with van der Waals surface area (Å²) >= 11 is 0. The molecule has 1 fully saturated rings. The molecule has 0 spiro atoms. The average molecular weight is 282 g/mol. The van der Waals surface area contributed by atoms with Crippen molar-refractivity contribution in [3.8, 4) is 0 Å². The largest absolute Gasteiger partial charge is 0.375 e. The summed E-state index contributed by atoms with van der Waals surface area (Å²) in [4.78, 5) is 15.8. The van der Waals surface area contributed by atoms with Crippen LogP contribution in [0, 0.1) is 0 Å². The number of aliphatic imine (C=N–C) groups is 1. The smallest absolute Gasteiger partial charge is 0.271 e. The second-order valence-corrected chi connectivity index (χ2v) is 4.50. The molecule has 0 unspecified atom stereocenters. The van der Waals surface area contributed by atoms with Crippen LogP contribution in [0.15, 0.2) is 65.1 Å². The van der Waals surface area contributed by atoms with Gasteiger partial charge in [0.2, 0.25) is 0 Å². The minimum atomic E-state index is -0.159. The van der Waals surface area contributed by atoms with Crippen LogP contribution in [0.4, 0.5) is 0 Å². The molecule has 0 aliphatic carbocycles. The number of amides is 1. The molecule has 1 heterocycles. The van der Waals surface area contributed by atoms with E-state index >= 15 is 0 Å². The van der Waals surface area contributed by atoms with E-state index in [0.29, 0.717) is 17.9 Å². The quantitative estimate of drug-likeness (QED) is 0.444. The molecule has 5 heteroatoms. The lowest BCUT2D eigenvalue weighted by Gasteiger charge is -2.21. The first-order valence-electron chi connectivity index (χ1n) is 6.57. The topological polar surface area (TPSA) is 65.5 Å². The van der Waals surface area contributed by atoms with Crippen LogP contribution in [-0.4, -0.2) is 25.8 Å². The Hall–Kier alpha value is -2.82. The fraction of sp³-hybridized carbons (Fsp3) is 0.125. The molecule has 1 aromatic rings. The Labute approximate surface area is 124 Å². The van der Waals surface area contributed by atoms with Gasteiger partial charge in [0.05, 0.1) is 12.9 Å². The molecule has 21 heavy (non-hydrogen) atoms. The van der Waals surface area contributed by atoms with E-state index in [9.17, 15) is 4.79 Å². The summed E-state index contributed by atoms with van der Waals surface area (Å²) in [6, 6.07) is 9.70. The highest BCUT2D eigenvalue weighted by Crippen LogP contribution is 2.09. The van der Waals surface area contributed by atoms with Gasteiger partial charge in [-0.2, -0.15) is 0 Å². The van der Waals surface area contributed by atoms with Crippen LogP contribution >= 0.6 is 0 Å². The lowest BCUT2D eigenvalue weighted by molar-refractivity contribution is -0.117. The lowest BCUT2D eigenvalue weighted by atomic mass is 10.1. The first kappa shape index (κ1) is 14.6. The van der Waals surface area contributed by atoms with Crippen LogP contribution in [0.1, 0.15) is 5.56 Å². The summed E-state index contributed by atoms with van der Waals surface area (Å²) < 4.78 is 0. The predicted octanol–water partition coefficient (Wildman–Crippen LogP) is 1.39. The van der Waals surface area contributed by atoms with Crippen LogP contribution in [0.25, 0.3) is 6.08 Å². The molecular weight excluding hydrogens is 264 g/mol. The van der Waals surface area contributed by atoms with Gasteiger partial charge >= 0.3 is 0 Å². The minimum absolute atomic E-state index is 0.159. The van der Waals surface area contributed by atoms with Crippen LogP contribution < -0.4 is 16.0 Å². The molecular formula is C16H18N4O. The number of rotatable bonds is 4. The maximum atomic E-state index is 12.0. The Bertz CT molecular complexity index is 614. The number of allylic oxidation sites excluding steroid dienone is 1. The highest BCUT2D eigenvalue weighted by atomic mass is 16.2. The molecule has 1 amide bonds. The number of carbonyl (C=O) groups is 1. The van der Waals surface area contributed by atoms with Gasteiger partial charge in [-0.05, 0) is 17.7 Å². The molecule has 1 aliphatic heterocycles. The highest BCUT2D eigenvalue weighted by molar-refractivity contribution is 5.99. The number of benzene rings is 1. The van der Waals surface area contributed by atoms with Gasteiger partial charge < -0.3 is 16.0 Å². The molecule has 0 aromatic heterocycles. The minimum Gasteiger partial charge on any atom is -0.375 e. The highest BCUT2D eigenvalue weighted by Gasteiger charge is 2.17. The van der Waals surface area contributed by atoms with E-state index in [1.54, 1.807) is 13.1 Å². The summed E-state index contributed by atoms with van der Waals surface area (Å²) in [5.74, 6) is -0.159. The van der Waals surface area contributed by atoms with Gasteiger partial charge in [-0.25, -0.2) is 0 Å². The van der Waals surface area contributed by atoms with E-state index < -0.39 is 0 Å². The maximum absolute atomic E-state index is 12.0. The van der Waals surface area contributed by atoms with Crippen molar-refractivity contribution in [2.75, 3.05) is 13.6 Å². The molecule has 108 valence electrons. The summed E-state index contributed by atoms with van der Waals surface area (Å²) in [5, 5.41) is 8.84. The van der Waals surface area contributed by atoms with Gasteiger partial charge in [0.15, 0.2) is 0 Å². The van der Waals surface area contributed by atoms with Crippen LogP contribution in [0.5, 0.6) is 0 Å². The Balaban J connectivity index is 2.02. The Morgan fingerprint density at radius 1 is 1.38 bits per heavy atom. The van der Waals surface area contributed by atoms with E-state index in [1.165, 1.54) is 6.34 Å². The van der Waals surface area contributed by atoms with Crippen LogP contribution in [-0.2, 0) is 4.79 Å². The molecule has 3 N–H and O–H groups in total. The first-order valence-corrected chi connectivity index (χ1v) is 6.57. The van der Waals surface area contributed by atoms with E-state index in [1.807, 2.05) is 36.4 Å². The van der Waals surface area contributed by atoms with Crippen molar-refractivity contribution in [1.29, 1.82) is 0 Å². The van der Waals surface area contributed by atoms with Crippen LogP contribution in [0.2, 0.25) is 0 Å². The van der Waals surface area contributed by atoms with Crippen molar-refractivity contribution < 1.29 is 4.79 Å². The monoisotopic (exact) mass is 282 g/mol. The number of hydrogen-bond donors (Lipinski definition) is 3. The van der Waals surface area contributed by atoms with Crippen molar-refractivity contribution in [1.82, 2.24) is 16.0 Å². The van der Waals surface area contributed by atoms with Gasteiger partial charge in [-0.15, -0.1) is 0 Å². The molecule has 1 saturated heterocycles. The summed E-state index contributed by atoms with van der Waals surface area (Å²) in [7, 11) is 1.66. The zero-order valence-corrected chi connectivity index (χ0v) is 11.9. The van der Waals surface area contributed by atoms with Crippen molar-refractivity contribution in [2.45, 2.75) is 0 Å². The Kier molecular flexibility index (Phi) is 4.93. The lowest BCUT2D eigenvalue weighted by Crippen LogP contribution is -2.41. The predicted molar refractivity (Wildman–Crippen MR) is 85.3 cm³/mol. The van der Waals surface area contributed by atoms with Gasteiger partial charge in [-0.1, -0.05) is 36.9 Å². The van der Waals surface area contributed by atoms with Gasteiger partial charge in [0, 0.05) is 18.4 Å². The van der Waals surface area contributed by atoms with Crippen molar-refractivity contribution in [3.63, 3.8) is 0 Å². The molecule has 0 atom stereocenters. The molecule has 0 saturated carbocycles. The number of piperazine rings is 1. The molecule has 0 radical (unpaired) electrons. The SMILES string of the molecule is C=C(/C=C1/CN/C(=C/c2ccccc2)C(=O)N1)NC=NC. The third kappa shape index (κ3) is 4.35. The normalized spacial score (nSPS) is 18.6. The molecule has 0 bridgehead atoms. The first-order chi connectivity index (χ1) is 10.2. The summed E-state index contributed by atoms with van der Waals surface area (Å²) in [6.45, 7) is 4.36. The third-order valence-electron chi connectivity index (χ3n) is 2.83. The van der Waals surface area contributed by atoms with Crippen molar-refractivity contribution in [3.05, 3.63) is 65.6 Å². The fourth-order valence-electron chi connectivity index (χ4n) is 1.85. The van der Waals surface area contributed by atoms with Crippen molar-refractivity contribution in [2.24, 2.45) is 4.99 Å². The van der Waals surface area contributed by atoms with E-state index in [2.05, 4.69) is 27.5 Å². The summed E-state index contributed by atoms with van der Waals surface area (Å²) in [5.41, 5.74) is 2.94. The summed E-state index contributed by atoms with van der Waals surface area (Å²) in [6.07, 6.45) is 5.13. The van der Waals surface area contributed by atoms with Crippen LogP contribution in [0.3, 0.4) is 0 Å². The number of nitrogens with zero attached hydrogens (tertiary/aromatic N) is 1. The second kappa shape index (κ2) is 7.09. The van der Waals surface area contributed by atoms with E-state index in [4.69, 9.17) is 0 Å². The van der Waals surface area contributed by atoms with E-state index in [0.717, 1.165) is 11.3 Å². The van der Waals surface area contributed by atoms with E-state index in [-0.39, 0.29) is 5.91 Å². The molecule has 1 aliphatic rings. The fourth-order valence-corrected chi connectivity index (χ4v) is 1.85. The molecule has 1 aromatic carbocycles. The van der Waals surface area contributed by atoms with Gasteiger partial charge in [-0.3, -0.25) is 9.79 Å². The number of hydrogen-bond acceptors (Lipinski definition) is 3. The van der Waals surface area contributed by atoms with Gasteiger partial charge in [0.1, 0.15) is 5.70 Å².